The van der Waals surface area contributed by atoms with E-state index >= 15 is 0 Å². The molecule has 0 amide bonds. The van der Waals surface area contributed by atoms with E-state index in [4.69, 9.17) is 0 Å². The van der Waals surface area contributed by atoms with Crippen LogP contribution in [-0.4, -0.2) is 9.52 Å². The van der Waals surface area contributed by atoms with E-state index in [0.717, 1.165) is 0 Å². The molecule has 0 radical (unpaired) electrons. The Morgan fingerprint density at radius 2 is 1.62 bits per heavy atom. The van der Waals surface area contributed by atoms with Crippen molar-refractivity contribution in [1.29, 1.82) is 0 Å². The third kappa shape index (κ3) is 15.6. The number of carbonyl (C=O) groups excluding carboxylic acids is 1. The summed E-state index contributed by atoms with van der Waals surface area (Å²) in [6, 6.07) is 0. The topological polar surface area (TPSA) is 17.1 Å². The van der Waals surface area contributed by atoms with Crippen molar-refractivity contribution < 1.29 is 37.5 Å². The summed E-state index contributed by atoms with van der Waals surface area (Å²) in [5, 5.41) is 0. The molecule has 0 aliphatic rings. The smallest absolute Gasteiger partial charge is 0.542 e. The van der Waals surface area contributed by atoms with E-state index in [9.17, 15) is 4.79 Å². The van der Waals surface area contributed by atoms with Gasteiger partial charge >= 0.3 is 32.7 Å². The summed E-state index contributed by atoms with van der Waals surface area (Å²) < 4.78 is -0.889. The van der Waals surface area contributed by atoms with Crippen molar-refractivity contribution in [3.05, 3.63) is 14.4 Å². The maximum Gasteiger partial charge on any atom is 3.00 e. The zero-order chi connectivity index (χ0) is 5.21. The van der Waals surface area contributed by atoms with Gasteiger partial charge in [0.1, 0.15) is 0 Å². The number of hydrogen-bond acceptors (Lipinski definition) is 1. The zero-order valence-electron chi connectivity index (χ0n) is 4.45. The molecule has 0 fully saturated rings. The zero-order valence-corrected chi connectivity index (χ0v) is 10.5. The van der Waals surface area contributed by atoms with Crippen LogP contribution in [-0.2, 0) is 37.5 Å². The standard InChI is InChI=1S/C3H2Br2O.CH3.Y/c1-3(4,5)2-6;;/h1H2;1H3;/q-2;-1;+3. The van der Waals surface area contributed by atoms with E-state index < -0.39 is 3.23 Å². The second-order valence-electron chi connectivity index (χ2n) is 0.807. The molecule has 0 aliphatic heterocycles. The summed E-state index contributed by atoms with van der Waals surface area (Å²) in [6.45, 7) is 3.30. The summed E-state index contributed by atoms with van der Waals surface area (Å²) >= 11 is 5.72. The van der Waals surface area contributed by atoms with Gasteiger partial charge in [-0.2, -0.15) is 0 Å². The molecule has 0 unspecified atom stereocenters. The van der Waals surface area contributed by atoms with Gasteiger partial charge in [0, 0.05) is 0 Å². The first-order valence-electron chi connectivity index (χ1n) is 1.19. The van der Waals surface area contributed by atoms with Gasteiger partial charge in [-0.15, -0.1) is 35.1 Å². The molecule has 0 aromatic rings. The van der Waals surface area contributed by atoms with Crippen molar-refractivity contribution >= 4 is 38.1 Å². The molecule has 0 saturated heterocycles. The van der Waals surface area contributed by atoms with Crippen molar-refractivity contribution in [2.24, 2.45) is 0 Å². The van der Waals surface area contributed by atoms with Crippen LogP contribution in [0.15, 0.2) is 0 Å². The molecular formula is C4H5Br2OY. The third-order valence-corrected chi connectivity index (χ3v) is 0.473. The van der Waals surface area contributed by atoms with E-state index in [2.05, 4.69) is 38.8 Å². The Kier molecular flexibility index (Phi) is 14.0. The molecule has 0 rings (SSSR count). The fraction of sp³-hybridized carbons (Fsp3) is 0.250. The van der Waals surface area contributed by atoms with Gasteiger partial charge in [0.15, 0.2) is 0 Å². The second-order valence-corrected chi connectivity index (χ2v) is 4.58. The second kappa shape index (κ2) is 6.85. The third-order valence-electron chi connectivity index (χ3n) is 0.149. The number of rotatable bonds is 1. The molecule has 0 aliphatic carbocycles. The Hall–Kier alpha value is 1.73. The summed E-state index contributed by atoms with van der Waals surface area (Å²) in [5.41, 5.74) is 0. The normalized spacial score (nSPS) is 8.38. The summed E-state index contributed by atoms with van der Waals surface area (Å²) in [7, 11) is 0. The number of alkyl halides is 2. The van der Waals surface area contributed by atoms with Crippen LogP contribution in [0.5, 0.6) is 0 Å². The van der Waals surface area contributed by atoms with Gasteiger partial charge in [-0.05, 0) is 0 Å². The fourth-order valence-electron chi connectivity index (χ4n) is 0. The Morgan fingerprint density at radius 3 is 1.62 bits per heavy atom. The molecule has 8 heavy (non-hydrogen) atoms. The van der Waals surface area contributed by atoms with Gasteiger partial charge in [-0.3, -0.25) is 6.29 Å². The molecule has 1 nitrogen and oxygen atoms in total. The van der Waals surface area contributed by atoms with Crippen LogP contribution in [0.3, 0.4) is 0 Å². The van der Waals surface area contributed by atoms with Crippen molar-refractivity contribution in [3.63, 3.8) is 0 Å². The van der Waals surface area contributed by atoms with Gasteiger partial charge in [0.2, 0.25) is 0 Å². The predicted octanol–water partition coefficient (Wildman–Crippen LogP) is 1.86. The summed E-state index contributed by atoms with van der Waals surface area (Å²) in [6.07, 6.45) is 1.58. The van der Waals surface area contributed by atoms with Gasteiger partial charge in [0.05, 0.1) is 0 Å². The van der Waals surface area contributed by atoms with E-state index in [1.165, 1.54) is 0 Å². The molecule has 0 bridgehead atoms. The molecule has 0 aromatic carbocycles. The first-order valence-corrected chi connectivity index (χ1v) is 2.77. The minimum Gasteiger partial charge on any atom is -0.542 e. The maximum atomic E-state index is 9.55. The molecule has 0 aromatic heterocycles. The van der Waals surface area contributed by atoms with Crippen LogP contribution < -0.4 is 0 Å². The number of hydrogen-bond donors (Lipinski definition) is 0. The van der Waals surface area contributed by atoms with Crippen molar-refractivity contribution in [2.45, 2.75) is 3.23 Å². The summed E-state index contributed by atoms with van der Waals surface area (Å²) in [4.78, 5) is 9.55. The van der Waals surface area contributed by atoms with Crippen LogP contribution in [0, 0.1) is 14.4 Å². The molecule has 0 saturated carbocycles. The quantitative estimate of drug-likeness (QED) is 0.533. The van der Waals surface area contributed by atoms with E-state index in [1.54, 1.807) is 6.29 Å². The molecule has 0 spiro atoms. The van der Waals surface area contributed by atoms with Crippen molar-refractivity contribution in [1.82, 2.24) is 0 Å². The van der Waals surface area contributed by atoms with Crippen molar-refractivity contribution in [3.8, 4) is 0 Å². The Bertz CT molecular complexity index is 59.5. The van der Waals surface area contributed by atoms with Crippen LogP contribution in [0.1, 0.15) is 0 Å². The average Bonchev–Trinajstić information content (AvgIpc) is 1.35. The van der Waals surface area contributed by atoms with Gasteiger partial charge in [0.25, 0.3) is 0 Å². The Balaban J connectivity index is -0.000000125. The number of halogens is 2. The van der Waals surface area contributed by atoms with E-state index in [0.29, 0.717) is 0 Å². The molecule has 44 valence electrons. The van der Waals surface area contributed by atoms with Gasteiger partial charge in [-0.1, -0.05) is 0 Å². The van der Waals surface area contributed by atoms with Gasteiger partial charge < -0.3 is 19.1 Å². The Labute approximate surface area is 92.1 Å². The average molecular weight is 318 g/mol. The van der Waals surface area contributed by atoms with Crippen molar-refractivity contribution in [2.75, 3.05) is 0 Å². The minimum absolute atomic E-state index is 0. The Morgan fingerprint density at radius 1 is 1.50 bits per heavy atom. The maximum absolute atomic E-state index is 9.55. The largest absolute Gasteiger partial charge is 3.00 e. The fourth-order valence-corrected chi connectivity index (χ4v) is 0. The minimum atomic E-state index is -0.889. The monoisotopic (exact) mass is 316 g/mol. The van der Waals surface area contributed by atoms with Crippen LogP contribution in [0.4, 0.5) is 0 Å². The molecule has 0 heterocycles. The van der Waals surface area contributed by atoms with E-state index in [1.807, 2.05) is 0 Å². The summed E-state index contributed by atoms with van der Waals surface area (Å²) in [5.74, 6) is 0. The molecule has 0 atom stereocenters. The van der Waals surface area contributed by atoms with Gasteiger partial charge in [-0.25, -0.2) is 0 Å². The SMILES string of the molecule is [CH2-]C(Br)(Br)[C-]=O.[CH3-].[Y+3]. The molecular weight excluding hydrogens is 313 g/mol. The first-order chi connectivity index (χ1) is 2.56. The predicted molar refractivity (Wildman–Crippen MR) is 38.0 cm³/mol. The van der Waals surface area contributed by atoms with E-state index in [-0.39, 0.29) is 40.1 Å². The van der Waals surface area contributed by atoms with Crippen LogP contribution in [0.2, 0.25) is 0 Å². The van der Waals surface area contributed by atoms with Crippen LogP contribution >= 0.6 is 31.9 Å². The van der Waals surface area contributed by atoms with Crippen LogP contribution in [0.25, 0.3) is 0 Å². The molecule has 4 heteroatoms. The first kappa shape index (κ1) is 16.4. The molecule has 0 N–H and O–H groups in total.